The highest BCUT2D eigenvalue weighted by molar-refractivity contribution is 5.80. The SMILES string of the molecule is CC(=O)[C@@H]1CC[C@@]2(O)[C@]1(C)[C@H](O)C[C@H]1[C@@]3(C)CC[C@H](O)CC3=CC[C@]12O. The van der Waals surface area contributed by atoms with E-state index in [-0.39, 0.29) is 23.2 Å². The standard InChI is InChI=1S/C21H32O5/c1-12(22)15-6-9-21(26)19(15,3)17(24)11-16-18(2)7-5-14(23)10-13(18)4-8-20(16,21)25/h4,14-17,23-26H,5-11H2,1-3H3/t14-,15-,16-,17+,18-,19-,20-,21+/m0/s1. The number of rotatable bonds is 1. The van der Waals surface area contributed by atoms with E-state index in [1.165, 1.54) is 6.92 Å². The molecule has 0 aromatic carbocycles. The average Bonchev–Trinajstić information content (AvgIpc) is 2.86. The van der Waals surface area contributed by atoms with Crippen molar-refractivity contribution in [3.05, 3.63) is 11.6 Å². The van der Waals surface area contributed by atoms with Gasteiger partial charge < -0.3 is 20.4 Å². The van der Waals surface area contributed by atoms with E-state index < -0.39 is 28.6 Å². The predicted octanol–water partition coefficient (Wildman–Crippen LogP) is 1.72. The van der Waals surface area contributed by atoms with Crippen LogP contribution in [0.25, 0.3) is 0 Å². The lowest BCUT2D eigenvalue weighted by Gasteiger charge is -2.66. The third-order valence-corrected chi connectivity index (χ3v) is 8.96. The molecule has 4 aliphatic carbocycles. The molecule has 4 rings (SSSR count). The summed E-state index contributed by atoms with van der Waals surface area (Å²) in [6.07, 6.45) is 4.36. The Morgan fingerprint density at radius 1 is 1.15 bits per heavy atom. The topological polar surface area (TPSA) is 98.0 Å². The van der Waals surface area contributed by atoms with Crippen LogP contribution >= 0.6 is 0 Å². The van der Waals surface area contributed by atoms with Crippen LogP contribution in [0.4, 0.5) is 0 Å². The third kappa shape index (κ3) is 1.93. The fraction of sp³-hybridized carbons (Fsp3) is 0.857. The third-order valence-electron chi connectivity index (χ3n) is 8.96. The van der Waals surface area contributed by atoms with E-state index in [4.69, 9.17) is 0 Å². The van der Waals surface area contributed by atoms with Gasteiger partial charge in [0, 0.05) is 17.3 Å². The Bertz CT molecular complexity index is 673. The highest BCUT2D eigenvalue weighted by atomic mass is 16.4. The van der Waals surface area contributed by atoms with E-state index in [0.717, 1.165) is 12.0 Å². The average molecular weight is 364 g/mol. The molecule has 0 heterocycles. The summed E-state index contributed by atoms with van der Waals surface area (Å²) in [7, 11) is 0. The fourth-order valence-corrected chi connectivity index (χ4v) is 7.29. The molecule has 4 aliphatic rings. The molecule has 3 saturated carbocycles. The van der Waals surface area contributed by atoms with Crippen LogP contribution in [0, 0.1) is 22.7 Å². The Hall–Kier alpha value is -0.750. The van der Waals surface area contributed by atoms with Crippen LogP contribution in [0.3, 0.4) is 0 Å². The van der Waals surface area contributed by atoms with Gasteiger partial charge >= 0.3 is 0 Å². The highest BCUT2D eigenvalue weighted by Crippen LogP contribution is 2.69. The number of hydrogen-bond donors (Lipinski definition) is 4. The molecule has 0 saturated heterocycles. The van der Waals surface area contributed by atoms with Crippen LogP contribution in [-0.2, 0) is 4.79 Å². The first kappa shape index (κ1) is 18.6. The van der Waals surface area contributed by atoms with Crippen LogP contribution in [-0.4, -0.2) is 49.6 Å². The van der Waals surface area contributed by atoms with Crippen molar-refractivity contribution in [2.45, 2.75) is 89.1 Å². The zero-order valence-electron chi connectivity index (χ0n) is 16.0. The Morgan fingerprint density at radius 3 is 2.50 bits per heavy atom. The summed E-state index contributed by atoms with van der Waals surface area (Å²) in [5, 5.41) is 44.9. The van der Waals surface area contributed by atoms with Crippen molar-refractivity contribution in [1.82, 2.24) is 0 Å². The second-order valence-electron chi connectivity index (χ2n) is 9.82. The van der Waals surface area contributed by atoms with Crippen LogP contribution in [0.5, 0.6) is 0 Å². The largest absolute Gasteiger partial charge is 0.393 e. The molecular weight excluding hydrogens is 332 g/mol. The molecule has 26 heavy (non-hydrogen) atoms. The highest BCUT2D eigenvalue weighted by Gasteiger charge is 2.76. The maximum Gasteiger partial charge on any atom is 0.133 e. The Morgan fingerprint density at radius 2 is 1.85 bits per heavy atom. The molecular formula is C21H32O5. The monoisotopic (exact) mass is 364 g/mol. The van der Waals surface area contributed by atoms with Gasteiger partial charge in [0.2, 0.25) is 0 Å². The molecule has 146 valence electrons. The number of fused-ring (bicyclic) bond motifs is 5. The minimum atomic E-state index is -1.49. The van der Waals surface area contributed by atoms with E-state index in [9.17, 15) is 25.2 Å². The van der Waals surface area contributed by atoms with Gasteiger partial charge in [-0.3, -0.25) is 4.79 Å². The van der Waals surface area contributed by atoms with Crippen molar-refractivity contribution < 1.29 is 25.2 Å². The second kappa shape index (κ2) is 5.40. The molecule has 0 bridgehead atoms. The zero-order chi connectivity index (χ0) is 19.1. The molecule has 0 aliphatic heterocycles. The first-order chi connectivity index (χ1) is 12.0. The number of hydrogen-bond acceptors (Lipinski definition) is 5. The summed E-state index contributed by atoms with van der Waals surface area (Å²) in [6.45, 7) is 5.42. The van der Waals surface area contributed by atoms with Gasteiger partial charge in [-0.15, -0.1) is 0 Å². The Labute approximate surface area is 155 Å². The van der Waals surface area contributed by atoms with E-state index in [0.29, 0.717) is 38.5 Å². The summed E-state index contributed by atoms with van der Waals surface area (Å²) in [4.78, 5) is 12.2. The molecule has 0 aromatic rings. The number of aliphatic hydroxyl groups is 4. The first-order valence-corrected chi connectivity index (χ1v) is 10.0. The Balaban J connectivity index is 1.84. The molecule has 5 heteroatoms. The fourth-order valence-electron chi connectivity index (χ4n) is 7.29. The quantitative estimate of drug-likeness (QED) is 0.531. The number of Topliss-reactive ketones (excluding diaryl/α,β-unsaturated/α-hetero) is 1. The molecule has 0 amide bonds. The molecule has 0 spiro atoms. The lowest BCUT2D eigenvalue weighted by Crippen LogP contribution is -2.75. The number of aliphatic hydroxyl groups excluding tert-OH is 2. The molecule has 0 unspecified atom stereocenters. The minimum Gasteiger partial charge on any atom is -0.393 e. The molecule has 3 fully saturated rings. The van der Waals surface area contributed by atoms with Crippen molar-refractivity contribution in [3.63, 3.8) is 0 Å². The molecule has 5 nitrogen and oxygen atoms in total. The minimum absolute atomic E-state index is 0.0245. The normalized spacial score (nSPS) is 56.2. The van der Waals surface area contributed by atoms with E-state index in [2.05, 4.69) is 6.92 Å². The van der Waals surface area contributed by atoms with Crippen molar-refractivity contribution >= 4 is 5.78 Å². The molecule has 4 N–H and O–H groups in total. The molecule has 8 atom stereocenters. The van der Waals surface area contributed by atoms with E-state index >= 15 is 0 Å². The summed E-state index contributed by atoms with van der Waals surface area (Å²) in [6, 6.07) is 0. The molecule has 0 aromatic heterocycles. The summed E-state index contributed by atoms with van der Waals surface area (Å²) in [5.41, 5.74) is -3.06. The lowest BCUT2D eigenvalue weighted by molar-refractivity contribution is -0.297. The second-order valence-corrected chi connectivity index (χ2v) is 9.82. The van der Waals surface area contributed by atoms with E-state index in [1.807, 2.05) is 6.08 Å². The maximum atomic E-state index is 12.2. The van der Waals surface area contributed by atoms with Gasteiger partial charge in [0.25, 0.3) is 0 Å². The summed E-state index contributed by atoms with van der Waals surface area (Å²) in [5.74, 6) is -0.733. The Kier molecular flexibility index (Phi) is 3.87. The van der Waals surface area contributed by atoms with Gasteiger partial charge in [-0.25, -0.2) is 0 Å². The summed E-state index contributed by atoms with van der Waals surface area (Å²) < 4.78 is 0. The van der Waals surface area contributed by atoms with Crippen LogP contribution < -0.4 is 0 Å². The predicted molar refractivity (Wildman–Crippen MR) is 96.2 cm³/mol. The molecule has 0 radical (unpaired) electrons. The number of carbonyl (C=O) groups excluding carboxylic acids is 1. The van der Waals surface area contributed by atoms with Crippen LogP contribution in [0.15, 0.2) is 11.6 Å². The van der Waals surface area contributed by atoms with Crippen molar-refractivity contribution in [2.75, 3.05) is 0 Å². The number of carbonyl (C=O) groups is 1. The van der Waals surface area contributed by atoms with Gasteiger partial charge in [0.05, 0.1) is 12.2 Å². The summed E-state index contributed by atoms with van der Waals surface area (Å²) >= 11 is 0. The van der Waals surface area contributed by atoms with E-state index in [1.54, 1.807) is 6.92 Å². The van der Waals surface area contributed by atoms with Gasteiger partial charge in [0.1, 0.15) is 17.0 Å². The van der Waals surface area contributed by atoms with Gasteiger partial charge in [-0.05, 0) is 57.3 Å². The van der Waals surface area contributed by atoms with Crippen LogP contribution in [0.2, 0.25) is 0 Å². The van der Waals surface area contributed by atoms with Crippen molar-refractivity contribution in [3.8, 4) is 0 Å². The van der Waals surface area contributed by atoms with Crippen LogP contribution in [0.1, 0.15) is 65.7 Å². The first-order valence-electron chi connectivity index (χ1n) is 10.0. The van der Waals surface area contributed by atoms with Gasteiger partial charge in [-0.2, -0.15) is 0 Å². The van der Waals surface area contributed by atoms with Gasteiger partial charge in [0.15, 0.2) is 0 Å². The smallest absolute Gasteiger partial charge is 0.133 e. The van der Waals surface area contributed by atoms with Crippen molar-refractivity contribution in [2.24, 2.45) is 22.7 Å². The van der Waals surface area contributed by atoms with Crippen molar-refractivity contribution in [1.29, 1.82) is 0 Å². The van der Waals surface area contributed by atoms with Gasteiger partial charge in [-0.1, -0.05) is 25.5 Å². The number of ketones is 1. The lowest BCUT2D eigenvalue weighted by atomic mass is 9.43. The zero-order valence-corrected chi connectivity index (χ0v) is 16.0. The maximum absolute atomic E-state index is 12.2.